The maximum atomic E-state index is 12.7. The van der Waals surface area contributed by atoms with Crippen molar-refractivity contribution >= 4 is 68.1 Å². The number of hydrogen-bond acceptors (Lipinski definition) is 5. The number of aromatic nitrogens is 2. The average molecular weight is 440 g/mol. The van der Waals surface area contributed by atoms with Gasteiger partial charge >= 0.3 is 0 Å². The first-order valence-electron chi connectivity index (χ1n) is 7.88. The number of nitrogens with one attached hydrogen (secondary N) is 1. The number of halogens is 2. The van der Waals surface area contributed by atoms with Gasteiger partial charge in [-0.05, 0) is 31.2 Å². The zero-order chi connectivity index (χ0) is 19.6. The van der Waals surface area contributed by atoms with E-state index in [0.717, 1.165) is 4.88 Å². The molecule has 0 unspecified atom stereocenters. The first-order chi connectivity index (χ1) is 12.9. The maximum Gasteiger partial charge on any atom is 0.263 e. The number of anilines is 1. The number of allylic oxidation sites excluding steroid dienone is 1. The maximum absolute atomic E-state index is 12.7. The van der Waals surface area contributed by atoms with Gasteiger partial charge in [0.2, 0.25) is 5.91 Å². The minimum atomic E-state index is -0.236. The Morgan fingerprint density at radius 2 is 2.15 bits per heavy atom. The van der Waals surface area contributed by atoms with E-state index in [0.29, 0.717) is 37.7 Å². The second kappa shape index (κ2) is 8.48. The third-order valence-electron chi connectivity index (χ3n) is 3.59. The van der Waals surface area contributed by atoms with Gasteiger partial charge in [-0.25, -0.2) is 4.98 Å². The Labute approximate surface area is 174 Å². The number of thiophene rings is 1. The number of carbonyl (C=O) groups excluding carboxylic acids is 1. The summed E-state index contributed by atoms with van der Waals surface area (Å²) in [4.78, 5) is 31.2. The molecule has 3 rings (SSSR count). The molecule has 0 bridgehead atoms. The molecule has 0 spiro atoms. The number of rotatable bonds is 6. The Morgan fingerprint density at radius 3 is 2.85 bits per heavy atom. The van der Waals surface area contributed by atoms with Crippen LogP contribution in [0.5, 0.6) is 0 Å². The Hall–Kier alpha value is -1.80. The second-order valence-corrected chi connectivity index (χ2v) is 8.63. The van der Waals surface area contributed by atoms with Crippen molar-refractivity contribution in [2.75, 3.05) is 11.1 Å². The average Bonchev–Trinajstić information content (AvgIpc) is 3.00. The van der Waals surface area contributed by atoms with Crippen LogP contribution in [0.2, 0.25) is 10.0 Å². The van der Waals surface area contributed by atoms with Crippen LogP contribution in [0.1, 0.15) is 4.88 Å². The molecule has 0 fully saturated rings. The molecule has 1 amide bonds. The van der Waals surface area contributed by atoms with E-state index in [2.05, 4.69) is 16.9 Å². The highest BCUT2D eigenvalue weighted by molar-refractivity contribution is 7.99. The van der Waals surface area contributed by atoms with Crippen LogP contribution in [-0.4, -0.2) is 21.2 Å². The third kappa shape index (κ3) is 4.55. The summed E-state index contributed by atoms with van der Waals surface area (Å²) in [7, 11) is 0. The second-order valence-electron chi connectivity index (χ2n) is 5.64. The number of aryl methyl sites for hydroxylation is 1. The van der Waals surface area contributed by atoms with E-state index in [1.807, 2.05) is 13.0 Å². The molecular weight excluding hydrogens is 425 g/mol. The summed E-state index contributed by atoms with van der Waals surface area (Å²) in [6.45, 7) is 5.95. The van der Waals surface area contributed by atoms with Crippen molar-refractivity contribution in [3.8, 4) is 0 Å². The third-order valence-corrected chi connectivity index (χ3v) is 6.25. The molecule has 0 aliphatic rings. The quantitative estimate of drug-likeness (QED) is 0.333. The van der Waals surface area contributed by atoms with E-state index >= 15 is 0 Å². The topological polar surface area (TPSA) is 64.0 Å². The summed E-state index contributed by atoms with van der Waals surface area (Å²) in [6.07, 6.45) is 1.63. The van der Waals surface area contributed by atoms with Crippen molar-refractivity contribution in [1.82, 2.24) is 9.55 Å². The molecule has 0 saturated heterocycles. The highest BCUT2D eigenvalue weighted by atomic mass is 35.5. The van der Waals surface area contributed by atoms with Crippen LogP contribution >= 0.6 is 46.3 Å². The molecule has 0 radical (unpaired) electrons. The molecule has 5 nitrogen and oxygen atoms in total. The molecule has 27 heavy (non-hydrogen) atoms. The standard InChI is InChI=1S/C18H15Cl2N3O2S2/c1-3-6-23-17(25)12-7-10(2)27-16(12)22-18(23)26-9-15(24)21-11-4-5-13(19)14(20)8-11/h3-5,7-8H,1,6,9H2,2H3,(H,21,24). The van der Waals surface area contributed by atoms with Gasteiger partial charge in [0.1, 0.15) is 4.83 Å². The van der Waals surface area contributed by atoms with E-state index < -0.39 is 0 Å². The van der Waals surface area contributed by atoms with Crippen molar-refractivity contribution < 1.29 is 4.79 Å². The molecule has 0 aliphatic carbocycles. The van der Waals surface area contributed by atoms with Crippen molar-refractivity contribution in [3.63, 3.8) is 0 Å². The molecule has 2 aromatic heterocycles. The van der Waals surface area contributed by atoms with E-state index in [4.69, 9.17) is 23.2 Å². The number of hydrogen-bond donors (Lipinski definition) is 1. The molecule has 0 saturated carbocycles. The lowest BCUT2D eigenvalue weighted by molar-refractivity contribution is -0.113. The number of nitrogens with zero attached hydrogens (tertiary/aromatic N) is 2. The normalized spacial score (nSPS) is 10.9. The van der Waals surface area contributed by atoms with Gasteiger partial charge in [-0.3, -0.25) is 14.2 Å². The van der Waals surface area contributed by atoms with E-state index in [1.165, 1.54) is 27.7 Å². The Bertz CT molecular complexity index is 1090. The van der Waals surface area contributed by atoms with Crippen LogP contribution in [0, 0.1) is 6.92 Å². The molecule has 3 aromatic rings. The lowest BCUT2D eigenvalue weighted by Gasteiger charge is -2.10. The number of carbonyl (C=O) groups is 1. The zero-order valence-electron chi connectivity index (χ0n) is 14.3. The van der Waals surface area contributed by atoms with Gasteiger partial charge in [0.05, 0.1) is 21.2 Å². The van der Waals surface area contributed by atoms with Gasteiger partial charge in [-0.15, -0.1) is 17.9 Å². The van der Waals surface area contributed by atoms with Crippen LogP contribution in [-0.2, 0) is 11.3 Å². The molecule has 0 atom stereocenters. The minimum absolute atomic E-state index is 0.0969. The Kier molecular flexibility index (Phi) is 6.26. The van der Waals surface area contributed by atoms with Gasteiger partial charge in [0, 0.05) is 17.1 Å². The summed E-state index contributed by atoms with van der Waals surface area (Å²) >= 11 is 14.5. The van der Waals surface area contributed by atoms with Crippen LogP contribution in [0.25, 0.3) is 10.2 Å². The summed E-state index contributed by atoms with van der Waals surface area (Å²) in [6, 6.07) is 6.70. The van der Waals surface area contributed by atoms with Crippen LogP contribution in [0.3, 0.4) is 0 Å². The van der Waals surface area contributed by atoms with Gasteiger partial charge in [-0.2, -0.15) is 0 Å². The molecular formula is C18H15Cl2N3O2S2. The van der Waals surface area contributed by atoms with Gasteiger partial charge in [0.25, 0.3) is 5.56 Å². The van der Waals surface area contributed by atoms with Gasteiger partial charge in [0.15, 0.2) is 5.16 Å². The number of thioether (sulfide) groups is 1. The largest absolute Gasteiger partial charge is 0.325 e. The molecule has 2 heterocycles. The first kappa shape index (κ1) is 19.9. The fourth-order valence-corrected chi connectivity index (χ4v) is 4.45. The van der Waals surface area contributed by atoms with Crippen molar-refractivity contribution in [2.45, 2.75) is 18.6 Å². The molecule has 9 heteroatoms. The number of amides is 1. The first-order valence-corrected chi connectivity index (χ1v) is 10.4. The summed E-state index contributed by atoms with van der Waals surface area (Å²) < 4.78 is 1.53. The highest BCUT2D eigenvalue weighted by Crippen LogP contribution is 2.26. The summed E-state index contributed by atoms with van der Waals surface area (Å²) in [5.41, 5.74) is 0.424. The van der Waals surface area contributed by atoms with Crippen molar-refractivity contribution in [2.24, 2.45) is 0 Å². The smallest absolute Gasteiger partial charge is 0.263 e. The van der Waals surface area contributed by atoms with E-state index in [1.54, 1.807) is 24.3 Å². The minimum Gasteiger partial charge on any atom is -0.325 e. The van der Waals surface area contributed by atoms with E-state index in [9.17, 15) is 9.59 Å². The van der Waals surface area contributed by atoms with Crippen molar-refractivity contribution in [1.29, 1.82) is 0 Å². The van der Waals surface area contributed by atoms with Crippen LogP contribution in [0.15, 0.2) is 46.9 Å². The van der Waals surface area contributed by atoms with Crippen molar-refractivity contribution in [3.05, 3.63) is 62.2 Å². The lowest BCUT2D eigenvalue weighted by Crippen LogP contribution is -2.23. The van der Waals surface area contributed by atoms with E-state index in [-0.39, 0.29) is 17.2 Å². The van der Waals surface area contributed by atoms with Crippen LogP contribution in [0.4, 0.5) is 5.69 Å². The monoisotopic (exact) mass is 439 g/mol. The summed E-state index contributed by atoms with van der Waals surface area (Å²) in [5.74, 6) is -0.139. The number of fused-ring (bicyclic) bond motifs is 1. The van der Waals surface area contributed by atoms with Gasteiger partial charge in [-0.1, -0.05) is 41.0 Å². The fraction of sp³-hybridized carbons (Fsp3) is 0.167. The fourth-order valence-electron chi connectivity index (χ4n) is 2.42. The highest BCUT2D eigenvalue weighted by Gasteiger charge is 2.14. The molecule has 140 valence electrons. The summed E-state index contributed by atoms with van der Waals surface area (Å²) in [5, 5.41) is 4.60. The van der Waals surface area contributed by atoms with Gasteiger partial charge < -0.3 is 5.32 Å². The lowest BCUT2D eigenvalue weighted by atomic mass is 10.3. The predicted molar refractivity (Wildman–Crippen MR) is 115 cm³/mol. The number of benzene rings is 1. The SMILES string of the molecule is C=CCn1c(SCC(=O)Nc2ccc(Cl)c(Cl)c2)nc2sc(C)cc2c1=O. The zero-order valence-corrected chi connectivity index (χ0v) is 17.4. The molecule has 1 N–H and O–H groups in total. The van der Waals surface area contributed by atoms with Crippen LogP contribution < -0.4 is 10.9 Å². The predicted octanol–water partition coefficient (Wildman–Crippen LogP) is 4.99. The molecule has 0 aliphatic heterocycles. The molecule has 1 aromatic carbocycles. The Morgan fingerprint density at radius 1 is 1.37 bits per heavy atom. The Balaban J connectivity index is 1.80.